The minimum Gasteiger partial charge on any atom is -0.496 e. The summed E-state index contributed by atoms with van der Waals surface area (Å²) in [6.07, 6.45) is 4.47. The van der Waals surface area contributed by atoms with Crippen LogP contribution >= 0.6 is 11.3 Å². The summed E-state index contributed by atoms with van der Waals surface area (Å²) >= 11 is 1.80. The zero-order valence-corrected chi connectivity index (χ0v) is 11.3. The van der Waals surface area contributed by atoms with Gasteiger partial charge in [0.1, 0.15) is 5.76 Å². The first kappa shape index (κ1) is 11.8. The predicted molar refractivity (Wildman–Crippen MR) is 76.9 cm³/mol. The second kappa shape index (κ2) is 5.12. The molecule has 1 atom stereocenters. The first-order chi connectivity index (χ1) is 8.90. The first-order valence-corrected chi connectivity index (χ1v) is 7.24. The smallest absolute Gasteiger partial charge is 0.113 e. The van der Waals surface area contributed by atoms with Crippen LogP contribution in [0.2, 0.25) is 0 Å². The molecule has 0 bridgehead atoms. The van der Waals surface area contributed by atoms with Crippen molar-refractivity contribution in [3.8, 4) is 0 Å². The van der Waals surface area contributed by atoms with Crippen molar-refractivity contribution in [3.05, 3.63) is 47.0 Å². The van der Waals surface area contributed by atoms with Crippen LogP contribution < -0.4 is 5.32 Å². The van der Waals surface area contributed by atoms with Gasteiger partial charge < -0.3 is 10.1 Å². The Balaban J connectivity index is 2.03. The molecule has 0 fully saturated rings. The third-order valence-corrected chi connectivity index (χ3v) is 4.34. The Hall–Kier alpha value is -1.32. The number of hydrogen-bond donors (Lipinski definition) is 1. The average Bonchev–Trinajstić information content (AvgIpc) is 2.85. The largest absolute Gasteiger partial charge is 0.496 e. The Bertz CT molecular complexity index is 573. The minimum atomic E-state index is 0.182. The molecule has 1 unspecified atom stereocenters. The van der Waals surface area contributed by atoms with Crippen LogP contribution in [0.25, 0.3) is 10.1 Å². The number of allylic oxidation sites excluding steroid dienone is 1. The molecule has 0 radical (unpaired) electrons. The number of ether oxygens (including phenoxy) is 1. The molecule has 94 valence electrons. The molecule has 3 rings (SSSR count). The molecule has 1 aliphatic rings. The van der Waals surface area contributed by atoms with E-state index in [-0.39, 0.29) is 6.04 Å². The van der Waals surface area contributed by atoms with E-state index in [0.717, 1.165) is 25.2 Å². The molecule has 0 amide bonds. The molecule has 1 aromatic carbocycles. The summed E-state index contributed by atoms with van der Waals surface area (Å²) in [5.41, 5.74) is 1.33. The Labute approximate surface area is 111 Å². The lowest BCUT2D eigenvalue weighted by Crippen LogP contribution is -2.21. The molecule has 1 N–H and O–H groups in total. The Morgan fingerprint density at radius 3 is 3.00 bits per heavy atom. The maximum atomic E-state index is 5.81. The fourth-order valence-corrected chi connectivity index (χ4v) is 3.44. The zero-order chi connectivity index (χ0) is 12.4. The summed E-state index contributed by atoms with van der Waals surface area (Å²) in [4.78, 5) is 0. The van der Waals surface area contributed by atoms with Crippen molar-refractivity contribution < 1.29 is 4.74 Å². The van der Waals surface area contributed by atoms with Gasteiger partial charge in [-0.25, -0.2) is 0 Å². The lowest BCUT2D eigenvalue weighted by Gasteiger charge is -2.23. The number of nitrogens with one attached hydrogen (secondary N) is 1. The van der Waals surface area contributed by atoms with Crippen molar-refractivity contribution in [2.75, 3.05) is 13.7 Å². The summed E-state index contributed by atoms with van der Waals surface area (Å²) in [7, 11) is 2.00. The van der Waals surface area contributed by atoms with Gasteiger partial charge in [0, 0.05) is 4.70 Å². The highest BCUT2D eigenvalue weighted by atomic mass is 32.1. The van der Waals surface area contributed by atoms with Crippen molar-refractivity contribution >= 4 is 21.4 Å². The van der Waals surface area contributed by atoms with Gasteiger partial charge in [-0.3, -0.25) is 0 Å². The standard InChI is InChI=1S/C15H17NOS/c1-16-15(13-7-4-5-9-17-13)12-10-18-14-8-3-2-6-11(12)14/h2-3,6-8,10,15-16H,4-5,9H2,1H3. The maximum absolute atomic E-state index is 5.81. The molecular formula is C15H17NOS. The topological polar surface area (TPSA) is 21.3 Å². The van der Waals surface area contributed by atoms with Gasteiger partial charge in [-0.15, -0.1) is 11.3 Å². The highest BCUT2D eigenvalue weighted by molar-refractivity contribution is 7.17. The summed E-state index contributed by atoms with van der Waals surface area (Å²) in [5.74, 6) is 1.08. The Kier molecular flexibility index (Phi) is 3.35. The lowest BCUT2D eigenvalue weighted by atomic mass is 10.0. The van der Waals surface area contributed by atoms with Crippen LogP contribution in [0.15, 0.2) is 41.5 Å². The first-order valence-electron chi connectivity index (χ1n) is 6.36. The molecule has 3 heteroatoms. The normalized spacial score (nSPS) is 17.3. The second-order valence-corrected chi connectivity index (χ2v) is 5.42. The lowest BCUT2D eigenvalue weighted by molar-refractivity contribution is 0.170. The van der Waals surface area contributed by atoms with E-state index >= 15 is 0 Å². The van der Waals surface area contributed by atoms with Crippen LogP contribution in [0, 0.1) is 0 Å². The quantitative estimate of drug-likeness (QED) is 0.904. The summed E-state index contributed by atoms with van der Waals surface area (Å²) < 4.78 is 7.14. The monoisotopic (exact) mass is 259 g/mol. The molecule has 2 heterocycles. The predicted octanol–water partition coefficient (Wildman–Crippen LogP) is 3.86. The average molecular weight is 259 g/mol. The number of rotatable bonds is 3. The summed E-state index contributed by atoms with van der Waals surface area (Å²) in [5, 5.41) is 6.95. The van der Waals surface area contributed by atoms with E-state index in [0.29, 0.717) is 0 Å². The maximum Gasteiger partial charge on any atom is 0.113 e. The molecule has 0 aliphatic carbocycles. The molecule has 2 aromatic rings. The molecule has 0 spiro atoms. The van der Waals surface area contributed by atoms with Crippen LogP contribution in [0.1, 0.15) is 24.4 Å². The minimum absolute atomic E-state index is 0.182. The zero-order valence-electron chi connectivity index (χ0n) is 10.5. The van der Waals surface area contributed by atoms with E-state index in [1.165, 1.54) is 15.6 Å². The number of hydrogen-bond acceptors (Lipinski definition) is 3. The third kappa shape index (κ3) is 2.04. The van der Waals surface area contributed by atoms with Gasteiger partial charge in [-0.2, -0.15) is 0 Å². The molecule has 2 nitrogen and oxygen atoms in total. The van der Waals surface area contributed by atoms with Crippen molar-refractivity contribution in [1.29, 1.82) is 0 Å². The van der Waals surface area contributed by atoms with E-state index < -0.39 is 0 Å². The van der Waals surface area contributed by atoms with Crippen molar-refractivity contribution in [1.82, 2.24) is 5.32 Å². The van der Waals surface area contributed by atoms with Gasteiger partial charge in [-0.1, -0.05) is 18.2 Å². The molecule has 1 aliphatic heterocycles. The van der Waals surface area contributed by atoms with Crippen LogP contribution in [-0.2, 0) is 4.74 Å². The van der Waals surface area contributed by atoms with E-state index in [4.69, 9.17) is 4.74 Å². The number of thiophene rings is 1. The van der Waals surface area contributed by atoms with Crippen LogP contribution in [-0.4, -0.2) is 13.7 Å². The summed E-state index contributed by atoms with van der Waals surface area (Å²) in [6.45, 7) is 0.839. The van der Waals surface area contributed by atoms with Gasteiger partial charge >= 0.3 is 0 Å². The van der Waals surface area contributed by atoms with Crippen molar-refractivity contribution in [2.45, 2.75) is 18.9 Å². The van der Waals surface area contributed by atoms with Crippen LogP contribution in [0.3, 0.4) is 0 Å². The van der Waals surface area contributed by atoms with Gasteiger partial charge in [0.15, 0.2) is 0 Å². The highest BCUT2D eigenvalue weighted by Crippen LogP contribution is 2.34. The Morgan fingerprint density at radius 1 is 1.33 bits per heavy atom. The van der Waals surface area contributed by atoms with Crippen LogP contribution in [0.4, 0.5) is 0 Å². The molecule has 0 saturated carbocycles. The van der Waals surface area contributed by atoms with Crippen molar-refractivity contribution in [2.24, 2.45) is 0 Å². The molecule has 1 aromatic heterocycles. The Morgan fingerprint density at radius 2 is 2.22 bits per heavy atom. The SMILES string of the molecule is CNC(C1=CCCCO1)c1csc2ccccc12. The van der Waals surface area contributed by atoms with Gasteiger partial charge in [0.2, 0.25) is 0 Å². The van der Waals surface area contributed by atoms with Gasteiger partial charge in [-0.05, 0) is 48.4 Å². The molecule has 18 heavy (non-hydrogen) atoms. The van der Waals surface area contributed by atoms with E-state index in [9.17, 15) is 0 Å². The van der Waals surface area contributed by atoms with Gasteiger partial charge in [0.25, 0.3) is 0 Å². The number of likely N-dealkylation sites (N-methyl/N-ethyl adjacent to an activating group) is 1. The highest BCUT2D eigenvalue weighted by Gasteiger charge is 2.21. The number of fused-ring (bicyclic) bond motifs is 1. The second-order valence-electron chi connectivity index (χ2n) is 4.51. The van der Waals surface area contributed by atoms with E-state index in [1.54, 1.807) is 11.3 Å². The summed E-state index contributed by atoms with van der Waals surface area (Å²) in [6, 6.07) is 8.73. The fourth-order valence-electron chi connectivity index (χ4n) is 2.45. The van der Waals surface area contributed by atoms with E-state index in [2.05, 4.69) is 41.0 Å². The van der Waals surface area contributed by atoms with E-state index in [1.807, 2.05) is 7.05 Å². The molecular weight excluding hydrogens is 242 g/mol. The van der Waals surface area contributed by atoms with Crippen LogP contribution in [0.5, 0.6) is 0 Å². The fraction of sp³-hybridized carbons (Fsp3) is 0.333. The number of benzene rings is 1. The third-order valence-electron chi connectivity index (χ3n) is 3.36. The molecule has 0 saturated heterocycles. The van der Waals surface area contributed by atoms with Gasteiger partial charge in [0.05, 0.1) is 12.6 Å². The van der Waals surface area contributed by atoms with Crippen molar-refractivity contribution in [3.63, 3.8) is 0 Å².